The minimum absolute atomic E-state index is 0.0534. The van der Waals surface area contributed by atoms with Crippen LogP contribution in [0.2, 0.25) is 0 Å². The summed E-state index contributed by atoms with van der Waals surface area (Å²) in [6.45, 7) is -1.04. The van der Waals surface area contributed by atoms with Crippen LogP contribution >= 0.6 is 11.3 Å². The van der Waals surface area contributed by atoms with Crippen molar-refractivity contribution in [1.82, 2.24) is 9.55 Å². The number of rotatable bonds is 5. The molecule has 0 saturated carbocycles. The van der Waals surface area contributed by atoms with Crippen LogP contribution in [-0.4, -0.2) is 22.1 Å². The van der Waals surface area contributed by atoms with Gasteiger partial charge in [0.25, 0.3) is 11.5 Å². The smallest absolute Gasteiger partial charge is 0.387 e. The van der Waals surface area contributed by atoms with Gasteiger partial charge in [-0.1, -0.05) is 18.2 Å². The number of hydrogen-bond donors (Lipinski definition) is 1. The van der Waals surface area contributed by atoms with Gasteiger partial charge in [0.15, 0.2) is 5.13 Å². The lowest BCUT2D eigenvalue weighted by Gasteiger charge is -2.09. The molecule has 0 atom stereocenters. The second kappa shape index (κ2) is 8.27. The van der Waals surface area contributed by atoms with Crippen molar-refractivity contribution < 1.29 is 18.3 Å². The van der Waals surface area contributed by atoms with Crippen molar-refractivity contribution in [2.75, 3.05) is 5.32 Å². The zero-order chi connectivity index (χ0) is 22.1. The summed E-state index contributed by atoms with van der Waals surface area (Å²) in [5.74, 6) is -0.382. The van der Waals surface area contributed by atoms with Crippen LogP contribution in [0.3, 0.4) is 0 Å². The second-order valence-electron chi connectivity index (χ2n) is 6.75. The minimum atomic E-state index is -2.89. The number of nitrogens with zero attached hydrogens (tertiary/aromatic N) is 2. The summed E-state index contributed by atoms with van der Waals surface area (Å²) in [7, 11) is 1.65. The molecule has 4 aromatic rings. The molecule has 0 aliphatic rings. The van der Waals surface area contributed by atoms with Crippen LogP contribution in [0, 0.1) is 6.92 Å². The molecule has 0 saturated heterocycles. The van der Waals surface area contributed by atoms with E-state index in [4.69, 9.17) is 0 Å². The molecule has 0 unspecified atom stereocenters. The molecule has 2 aromatic heterocycles. The van der Waals surface area contributed by atoms with Gasteiger partial charge in [0.2, 0.25) is 0 Å². The van der Waals surface area contributed by atoms with Crippen LogP contribution in [0.4, 0.5) is 13.9 Å². The maximum absolute atomic E-state index is 12.9. The maximum Gasteiger partial charge on any atom is 0.387 e. The zero-order valence-corrected chi connectivity index (χ0v) is 17.4. The topological polar surface area (TPSA) is 73.2 Å². The number of hydrogen-bond acceptors (Lipinski definition) is 5. The van der Waals surface area contributed by atoms with Crippen molar-refractivity contribution in [3.8, 4) is 17.0 Å². The van der Waals surface area contributed by atoms with Gasteiger partial charge in [0.1, 0.15) is 5.75 Å². The molecule has 9 heteroatoms. The number of alkyl halides is 2. The SMILES string of the molecule is Cc1sc(NC(=O)c2cc(=O)n(C)c3ccccc23)nc1-c1ccc(OC(F)F)cc1. The zero-order valence-electron chi connectivity index (χ0n) is 16.6. The average Bonchev–Trinajstić information content (AvgIpc) is 3.10. The predicted octanol–water partition coefficient (Wildman–Crippen LogP) is 4.82. The van der Waals surface area contributed by atoms with Crippen molar-refractivity contribution in [2.45, 2.75) is 13.5 Å². The van der Waals surface area contributed by atoms with Crippen LogP contribution in [0.5, 0.6) is 5.75 Å². The summed E-state index contributed by atoms with van der Waals surface area (Å²) in [6, 6.07) is 14.6. The summed E-state index contributed by atoms with van der Waals surface area (Å²) >= 11 is 1.28. The van der Waals surface area contributed by atoms with Gasteiger partial charge in [-0.2, -0.15) is 8.78 Å². The van der Waals surface area contributed by atoms with Gasteiger partial charge in [-0.05, 0) is 37.3 Å². The fraction of sp³-hybridized carbons (Fsp3) is 0.136. The Morgan fingerprint density at radius 1 is 1.16 bits per heavy atom. The highest BCUT2D eigenvalue weighted by atomic mass is 32.1. The average molecular weight is 441 g/mol. The number of ether oxygens (including phenoxy) is 1. The minimum Gasteiger partial charge on any atom is -0.435 e. The third kappa shape index (κ3) is 4.17. The van der Waals surface area contributed by atoms with Gasteiger partial charge in [-0.3, -0.25) is 14.9 Å². The molecular formula is C22H17F2N3O3S. The molecule has 1 N–H and O–H groups in total. The monoisotopic (exact) mass is 441 g/mol. The van der Waals surface area contributed by atoms with Gasteiger partial charge in [0.05, 0.1) is 16.8 Å². The number of benzene rings is 2. The Labute approximate surface area is 179 Å². The number of anilines is 1. The number of thiazole rings is 1. The van der Waals surface area contributed by atoms with Crippen LogP contribution in [0.1, 0.15) is 15.2 Å². The number of fused-ring (bicyclic) bond motifs is 1. The number of pyridine rings is 1. The van der Waals surface area contributed by atoms with Gasteiger partial charge in [0, 0.05) is 28.9 Å². The molecule has 1 amide bonds. The number of halogens is 2. The van der Waals surface area contributed by atoms with E-state index in [-0.39, 0.29) is 16.9 Å². The highest BCUT2D eigenvalue weighted by Gasteiger charge is 2.17. The number of para-hydroxylation sites is 1. The second-order valence-corrected chi connectivity index (χ2v) is 7.96. The van der Waals surface area contributed by atoms with Crippen LogP contribution in [-0.2, 0) is 7.05 Å². The number of carbonyl (C=O) groups excluding carboxylic acids is 1. The first-order valence-corrected chi connectivity index (χ1v) is 10.1. The normalized spacial score (nSPS) is 11.1. The van der Waals surface area contributed by atoms with E-state index in [0.717, 1.165) is 4.88 Å². The van der Waals surface area contributed by atoms with Crippen molar-refractivity contribution in [2.24, 2.45) is 7.05 Å². The number of amides is 1. The molecule has 0 fully saturated rings. The Morgan fingerprint density at radius 3 is 2.58 bits per heavy atom. The Kier molecular flexibility index (Phi) is 5.51. The highest BCUT2D eigenvalue weighted by molar-refractivity contribution is 7.16. The lowest BCUT2D eigenvalue weighted by Crippen LogP contribution is -2.21. The molecule has 0 bridgehead atoms. The van der Waals surface area contributed by atoms with Crippen molar-refractivity contribution in [1.29, 1.82) is 0 Å². The molecular weight excluding hydrogens is 424 g/mol. The molecule has 31 heavy (non-hydrogen) atoms. The van der Waals surface area contributed by atoms with Crippen LogP contribution in [0.15, 0.2) is 59.4 Å². The number of nitrogens with one attached hydrogen (secondary N) is 1. The van der Waals surface area contributed by atoms with Gasteiger partial charge in [-0.15, -0.1) is 11.3 Å². The first-order valence-electron chi connectivity index (χ1n) is 9.26. The molecule has 0 spiro atoms. The molecule has 4 rings (SSSR count). The van der Waals surface area contributed by atoms with E-state index in [1.807, 2.05) is 6.92 Å². The largest absolute Gasteiger partial charge is 0.435 e. The molecule has 158 valence electrons. The van der Waals surface area contributed by atoms with Crippen molar-refractivity contribution in [3.05, 3.63) is 75.4 Å². The highest BCUT2D eigenvalue weighted by Crippen LogP contribution is 2.32. The van der Waals surface area contributed by atoms with E-state index in [0.29, 0.717) is 27.3 Å². The lowest BCUT2D eigenvalue weighted by molar-refractivity contribution is -0.0498. The summed E-state index contributed by atoms with van der Waals surface area (Å²) < 4.78 is 30.5. The predicted molar refractivity (Wildman–Crippen MR) is 116 cm³/mol. The maximum atomic E-state index is 12.9. The quantitative estimate of drug-likeness (QED) is 0.482. The Morgan fingerprint density at radius 2 is 1.87 bits per heavy atom. The van der Waals surface area contributed by atoms with E-state index in [9.17, 15) is 18.4 Å². The Hall–Kier alpha value is -3.59. The summed E-state index contributed by atoms with van der Waals surface area (Å²) in [5.41, 5.74) is 1.96. The number of aromatic nitrogens is 2. The van der Waals surface area contributed by atoms with E-state index < -0.39 is 12.5 Å². The number of carbonyl (C=O) groups is 1. The first kappa shape index (κ1) is 20.7. The summed E-state index contributed by atoms with van der Waals surface area (Å²) in [6.07, 6.45) is 0. The first-order chi connectivity index (χ1) is 14.8. The van der Waals surface area contributed by atoms with Gasteiger partial charge >= 0.3 is 6.61 Å². The van der Waals surface area contributed by atoms with Crippen LogP contribution < -0.4 is 15.6 Å². The summed E-state index contributed by atoms with van der Waals surface area (Å²) in [5, 5.41) is 3.79. The molecule has 6 nitrogen and oxygen atoms in total. The van der Waals surface area contributed by atoms with Crippen molar-refractivity contribution in [3.63, 3.8) is 0 Å². The Balaban J connectivity index is 1.62. The summed E-state index contributed by atoms with van der Waals surface area (Å²) in [4.78, 5) is 30.5. The van der Waals surface area contributed by atoms with Gasteiger partial charge < -0.3 is 9.30 Å². The van der Waals surface area contributed by atoms with Crippen LogP contribution in [0.25, 0.3) is 22.2 Å². The fourth-order valence-electron chi connectivity index (χ4n) is 3.27. The van der Waals surface area contributed by atoms with Gasteiger partial charge in [-0.25, -0.2) is 4.98 Å². The molecule has 2 heterocycles. The van der Waals surface area contributed by atoms with E-state index in [2.05, 4.69) is 15.0 Å². The van der Waals surface area contributed by atoms with Crippen molar-refractivity contribution >= 4 is 33.3 Å². The fourth-order valence-corrected chi connectivity index (χ4v) is 4.11. The molecule has 0 aliphatic carbocycles. The molecule has 0 radical (unpaired) electrons. The Bertz CT molecular complexity index is 1330. The number of aryl methyl sites for hydroxylation is 2. The third-order valence-corrected chi connectivity index (χ3v) is 5.65. The standard InChI is InChI=1S/C22H17F2N3O3S/c1-12-19(13-7-9-14(10-8-13)30-21(23)24)25-22(31-12)26-20(29)16-11-18(28)27(2)17-6-4-3-5-15(16)17/h3-11,21H,1-2H3,(H,25,26,29). The lowest BCUT2D eigenvalue weighted by atomic mass is 10.1. The molecule has 2 aromatic carbocycles. The van der Waals surface area contributed by atoms with E-state index in [1.165, 1.54) is 34.1 Å². The van der Waals surface area contributed by atoms with E-state index >= 15 is 0 Å². The molecule has 0 aliphatic heterocycles. The third-order valence-electron chi connectivity index (χ3n) is 4.77. The van der Waals surface area contributed by atoms with E-state index in [1.54, 1.807) is 43.4 Å².